The summed E-state index contributed by atoms with van der Waals surface area (Å²) < 4.78 is 7.09. The molecule has 2 aromatic carbocycles. The van der Waals surface area contributed by atoms with Crippen LogP contribution in [0.2, 0.25) is 0 Å². The largest absolute Gasteiger partial charge is 0.444 e. The van der Waals surface area contributed by atoms with Crippen LogP contribution in [0.15, 0.2) is 95.9 Å². The molecule has 0 unspecified atom stereocenters. The summed E-state index contributed by atoms with van der Waals surface area (Å²) in [6, 6.07) is 24.9. The molecule has 2 N–H and O–H groups in total. The molecule has 2 aromatic heterocycles. The molecule has 2 heterocycles. The number of nitrogens with one attached hydrogen (secondary N) is 2. The fourth-order valence-electron chi connectivity index (χ4n) is 4.50. The highest BCUT2D eigenvalue weighted by Crippen LogP contribution is 2.29. The fourth-order valence-corrected chi connectivity index (χ4v) is 4.50. The minimum atomic E-state index is -1.01. The predicted octanol–water partition coefficient (Wildman–Crippen LogP) is 5.42. The van der Waals surface area contributed by atoms with Gasteiger partial charge in [-0.1, -0.05) is 60.7 Å². The summed E-state index contributed by atoms with van der Waals surface area (Å²) in [6.07, 6.45) is 0.947. The van der Waals surface area contributed by atoms with Gasteiger partial charge >= 0.3 is 6.09 Å². The lowest BCUT2D eigenvalue weighted by Crippen LogP contribution is -2.49. The monoisotopic (exact) mass is 538 g/mol. The van der Waals surface area contributed by atoms with Crippen LogP contribution in [0.25, 0.3) is 11.1 Å². The molecule has 40 heavy (non-hydrogen) atoms. The molecule has 0 fully saturated rings. The zero-order valence-electron chi connectivity index (χ0n) is 23.3. The van der Waals surface area contributed by atoms with Crippen molar-refractivity contribution in [3.63, 3.8) is 0 Å². The Balaban J connectivity index is 1.67. The number of aromatic nitrogens is 2. The van der Waals surface area contributed by atoms with Gasteiger partial charge in [-0.25, -0.2) is 9.78 Å². The third-order valence-electron chi connectivity index (χ3n) is 6.55. The van der Waals surface area contributed by atoms with Crippen molar-refractivity contribution in [2.75, 3.05) is 5.32 Å². The van der Waals surface area contributed by atoms with Gasteiger partial charge in [-0.15, -0.1) is 0 Å². The summed E-state index contributed by atoms with van der Waals surface area (Å²) in [5, 5.41) is 5.68. The summed E-state index contributed by atoms with van der Waals surface area (Å²) in [7, 11) is 1.72. The Morgan fingerprint density at radius 2 is 1.48 bits per heavy atom. The van der Waals surface area contributed by atoms with Gasteiger partial charge in [-0.3, -0.25) is 9.59 Å². The number of amides is 2. The Labute approximate surface area is 234 Å². The first-order valence-corrected chi connectivity index (χ1v) is 13.1. The second kappa shape index (κ2) is 12.0. The highest BCUT2D eigenvalue weighted by molar-refractivity contribution is 5.97. The molecule has 0 radical (unpaired) electrons. The second-order valence-corrected chi connectivity index (χ2v) is 10.6. The number of hydrogen-bond acceptors (Lipinski definition) is 5. The normalized spacial score (nSPS) is 12.1. The number of ether oxygens (including phenoxy) is 1. The number of rotatable bonds is 7. The number of anilines is 1. The van der Waals surface area contributed by atoms with Crippen LogP contribution < -0.4 is 16.2 Å². The van der Waals surface area contributed by atoms with Crippen molar-refractivity contribution in [2.45, 2.75) is 45.3 Å². The van der Waals surface area contributed by atoms with Gasteiger partial charge < -0.3 is 19.9 Å². The maximum Gasteiger partial charge on any atom is 0.408 e. The first-order chi connectivity index (χ1) is 19.0. The molecule has 4 rings (SSSR count). The Hall–Kier alpha value is -4.72. The molecule has 4 aromatic rings. The smallest absolute Gasteiger partial charge is 0.408 e. The standard InChI is InChI=1S/C32H34N4O4/c1-21-25(17-19-27(37)36(21)5)24-16-18-26(33-20-24)34-30(38)29(35-31(39)40-32(2,3)4)28(22-12-8-6-9-13-22)23-14-10-7-11-15-23/h6-20,28-29H,1-5H3,(H,35,39)(H,33,34,38)/t29-/m0/s1. The minimum Gasteiger partial charge on any atom is -0.444 e. The van der Waals surface area contributed by atoms with Crippen LogP contribution in [0.3, 0.4) is 0 Å². The van der Waals surface area contributed by atoms with Crippen LogP contribution in [0.5, 0.6) is 0 Å². The molecule has 2 amide bonds. The van der Waals surface area contributed by atoms with E-state index >= 15 is 0 Å². The summed E-state index contributed by atoms with van der Waals surface area (Å²) in [5.74, 6) is -0.614. The third kappa shape index (κ3) is 6.83. The molecule has 206 valence electrons. The van der Waals surface area contributed by atoms with Gasteiger partial charge in [0.15, 0.2) is 0 Å². The number of benzene rings is 2. The molecule has 0 saturated carbocycles. The van der Waals surface area contributed by atoms with E-state index in [1.165, 1.54) is 6.07 Å². The van der Waals surface area contributed by atoms with Crippen LogP contribution in [0.1, 0.15) is 43.5 Å². The number of hydrogen-bond donors (Lipinski definition) is 2. The Kier molecular flexibility index (Phi) is 8.48. The lowest BCUT2D eigenvalue weighted by Gasteiger charge is -2.29. The molecule has 0 aliphatic rings. The summed E-state index contributed by atoms with van der Waals surface area (Å²) in [4.78, 5) is 43.1. The Morgan fingerprint density at radius 3 is 2.00 bits per heavy atom. The number of pyridine rings is 2. The first-order valence-electron chi connectivity index (χ1n) is 13.1. The molecule has 0 aliphatic heterocycles. The van der Waals surface area contributed by atoms with Crippen molar-refractivity contribution in [2.24, 2.45) is 7.05 Å². The molecule has 0 bridgehead atoms. The Morgan fingerprint density at radius 1 is 0.875 bits per heavy atom. The zero-order chi connectivity index (χ0) is 28.9. The summed E-state index contributed by atoms with van der Waals surface area (Å²) >= 11 is 0. The van der Waals surface area contributed by atoms with Crippen molar-refractivity contribution in [1.29, 1.82) is 0 Å². The van der Waals surface area contributed by atoms with E-state index in [1.54, 1.807) is 50.7 Å². The maximum atomic E-state index is 13.8. The van der Waals surface area contributed by atoms with Crippen LogP contribution in [0.4, 0.5) is 10.6 Å². The molecule has 0 aliphatic carbocycles. The van der Waals surface area contributed by atoms with Gasteiger partial charge in [0.2, 0.25) is 11.5 Å². The summed E-state index contributed by atoms with van der Waals surface area (Å²) in [5.41, 5.74) is 3.37. The topological polar surface area (TPSA) is 102 Å². The summed E-state index contributed by atoms with van der Waals surface area (Å²) in [6.45, 7) is 7.18. The first kappa shape index (κ1) is 28.3. The predicted molar refractivity (Wildman–Crippen MR) is 156 cm³/mol. The van der Waals surface area contributed by atoms with Crippen molar-refractivity contribution < 1.29 is 14.3 Å². The SMILES string of the molecule is Cc1c(-c2ccc(NC(=O)[C@@H](NC(=O)OC(C)(C)C)C(c3ccccc3)c3ccccc3)nc2)ccc(=O)n1C. The average Bonchev–Trinajstić information content (AvgIpc) is 2.92. The van der Waals surface area contributed by atoms with Gasteiger partial charge in [0.25, 0.3) is 0 Å². The average molecular weight is 539 g/mol. The quantitative estimate of drug-likeness (QED) is 0.327. The van der Waals surface area contributed by atoms with Crippen LogP contribution >= 0.6 is 0 Å². The highest BCUT2D eigenvalue weighted by atomic mass is 16.6. The molecule has 8 heteroatoms. The van der Waals surface area contributed by atoms with Crippen molar-refractivity contribution >= 4 is 17.8 Å². The van der Waals surface area contributed by atoms with E-state index < -0.39 is 29.6 Å². The lowest BCUT2D eigenvalue weighted by molar-refractivity contribution is -0.118. The van der Waals surface area contributed by atoms with E-state index in [2.05, 4.69) is 15.6 Å². The molecular weight excluding hydrogens is 504 g/mol. The number of carbonyl (C=O) groups is 2. The molecule has 1 atom stereocenters. The number of alkyl carbamates (subject to hydrolysis) is 1. The molecule has 0 spiro atoms. The minimum absolute atomic E-state index is 0.0898. The van der Waals surface area contributed by atoms with Crippen molar-refractivity contribution in [1.82, 2.24) is 14.9 Å². The van der Waals surface area contributed by atoms with E-state index in [-0.39, 0.29) is 5.56 Å². The highest BCUT2D eigenvalue weighted by Gasteiger charge is 2.34. The number of carbonyl (C=O) groups excluding carboxylic acids is 2. The van der Waals surface area contributed by atoms with Crippen LogP contribution in [-0.4, -0.2) is 33.2 Å². The van der Waals surface area contributed by atoms with Gasteiger partial charge in [-0.2, -0.15) is 0 Å². The third-order valence-corrected chi connectivity index (χ3v) is 6.55. The Bertz CT molecular complexity index is 1490. The van der Waals surface area contributed by atoms with Gasteiger partial charge in [0.1, 0.15) is 17.5 Å². The van der Waals surface area contributed by atoms with E-state index in [9.17, 15) is 14.4 Å². The van der Waals surface area contributed by atoms with Crippen molar-refractivity contribution in [3.8, 4) is 11.1 Å². The lowest BCUT2D eigenvalue weighted by atomic mass is 9.84. The molecule has 0 saturated heterocycles. The zero-order valence-corrected chi connectivity index (χ0v) is 23.3. The second-order valence-electron chi connectivity index (χ2n) is 10.6. The maximum absolute atomic E-state index is 13.8. The fraction of sp³-hybridized carbons (Fsp3) is 0.250. The van der Waals surface area contributed by atoms with E-state index in [0.717, 1.165) is 27.9 Å². The molecular formula is C32H34N4O4. The van der Waals surface area contributed by atoms with Gasteiger partial charge in [-0.05, 0) is 57.0 Å². The number of nitrogens with zero attached hydrogens (tertiary/aromatic N) is 2. The molecule has 8 nitrogen and oxygen atoms in total. The van der Waals surface area contributed by atoms with Gasteiger partial charge in [0.05, 0.1) is 0 Å². The van der Waals surface area contributed by atoms with E-state index in [4.69, 9.17) is 4.74 Å². The van der Waals surface area contributed by atoms with E-state index in [0.29, 0.717) is 5.82 Å². The van der Waals surface area contributed by atoms with Gasteiger partial charge in [0, 0.05) is 42.0 Å². The van der Waals surface area contributed by atoms with Crippen LogP contribution in [0, 0.1) is 6.92 Å². The van der Waals surface area contributed by atoms with Crippen molar-refractivity contribution in [3.05, 3.63) is 118 Å². The van der Waals surface area contributed by atoms with E-state index in [1.807, 2.05) is 73.7 Å². The van der Waals surface area contributed by atoms with Crippen LogP contribution in [-0.2, 0) is 16.6 Å².